The first-order valence-electron chi connectivity index (χ1n) is 8.41. The molecule has 21 heavy (non-hydrogen) atoms. The standard InChI is InChI=1S/C16H29N3O2/c1-12(17)8-9-18-15(20)13-6-2-3-7-14(13)16(21)19-10-4-5-11-19/h12-14H,2-11,17H2,1H3,(H,18,20). The van der Waals surface area contributed by atoms with Gasteiger partial charge in [0.1, 0.15) is 0 Å². The SMILES string of the molecule is CC(N)CCNC(=O)C1CCCCC1C(=O)N1CCCC1. The topological polar surface area (TPSA) is 75.4 Å². The Hall–Kier alpha value is -1.10. The first kappa shape index (κ1) is 16.3. The van der Waals surface area contributed by atoms with Crippen LogP contribution >= 0.6 is 0 Å². The first-order valence-corrected chi connectivity index (χ1v) is 8.41. The quantitative estimate of drug-likeness (QED) is 0.802. The van der Waals surface area contributed by atoms with Crippen LogP contribution in [0.4, 0.5) is 0 Å². The van der Waals surface area contributed by atoms with E-state index < -0.39 is 0 Å². The number of likely N-dealkylation sites (tertiary alicyclic amines) is 1. The van der Waals surface area contributed by atoms with Gasteiger partial charge in [-0.15, -0.1) is 0 Å². The van der Waals surface area contributed by atoms with Gasteiger partial charge in [0.25, 0.3) is 0 Å². The molecule has 3 N–H and O–H groups in total. The van der Waals surface area contributed by atoms with Gasteiger partial charge in [0, 0.05) is 37.5 Å². The Bertz CT molecular complexity index is 365. The molecule has 1 saturated carbocycles. The minimum atomic E-state index is -0.139. The van der Waals surface area contributed by atoms with Crippen molar-refractivity contribution < 1.29 is 9.59 Å². The number of amides is 2. The molecule has 1 aliphatic carbocycles. The van der Waals surface area contributed by atoms with Crippen molar-refractivity contribution in [2.75, 3.05) is 19.6 Å². The minimum absolute atomic E-state index is 0.0490. The van der Waals surface area contributed by atoms with Crippen LogP contribution in [-0.2, 0) is 9.59 Å². The second kappa shape index (κ2) is 7.78. The Morgan fingerprint density at radius 2 is 1.76 bits per heavy atom. The Morgan fingerprint density at radius 3 is 2.38 bits per heavy atom. The highest BCUT2D eigenvalue weighted by atomic mass is 16.2. The lowest BCUT2D eigenvalue weighted by molar-refractivity contribution is -0.142. The van der Waals surface area contributed by atoms with E-state index >= 15 is 0 Å². The van der Waals surface area contributed by atoms with Gasteiger partial charge >= 0.3 is 0 Å². The molecular formula is C16H29N3O2. The summed E-state index contributed by atoms with van der Waals surface area (Å²) in [6.45, 7) is 4.28. The molecule has 2 amide bonds. The van der Waals surface area contributed by atoms with Crippen LogP contribution in [0.15, 0.2) is 0 Å². The Kier molecular flexibility index (Phi) is 6.03. The number of carbonyl (C=O) groups excluding carboxylic acids is 2. The van der Waals surface area contributed by atoms with Crippen LogP contribution in [0.5, 0.6) is 0 Å². The largest absolute Gasteiger partial charge is 0.356 e. The zero-order valence-electron chi connectivity index (χ0n) is 13.1. The van der Waals surface area contributed by atoms with Crippen molar-refractivity contribution in [3.05, 3.63) is 0 Å². The molecular weight excluding hydrogens is 266 g/mol. The molecule has 5 heteroatoms. The number of nitrogens with one attached hydrogen (secondary N) is 1. The molecule has 0 bridgehead atoms. The van der Waals surface area contributed by atoms with Crippen molar-refractivity contribution in [1.82, 2.24) is 10.2 Å². The maximum Gasteiger partial charge on any atom is 0.226 e. The third-order valence-electron chi connectivity index (χ3n) is 4.74. The second-order valence-corrected chi connectivity index (χ2v) is 6.59. The average Bonchev–Trinajstić information content (AvgIpc) is 3.00. The van der Waals surface area contributed by atoms with Gasteiger partial charge in [-0.2, -0.15) is 0 Å². The third kappa shape index (κ3) is 4.43. The van der Waals surface area contributed by atoms with Gasteiger partial charge in [-0.1, -0.05) is 12.8 Å². The molecule has 5 nitrogen and oxygen atoms in total. The predicted octanol–water partition coefficient (Wildman–Crippen LogP) is 1.27. The van der Waals surface area contributed by atoms with Crippen LogP contribution in [0.2, 0.25) is 0 Å². The van der Waals surface area contributed by atoms with E-state index in [1.54, 1.807) is 0 Å². The van der Waals surface area contributed by atoms with E-state index in [-0.39, 0.29) is 29.7 Å². The molecule has 1 aliphatic heterocycles. The Labute approximate surface area is 127 Å². The fourth-order valence-electron chi connectivity index (χ4n) is 3.47. The van der Waals surface area contributed by atoms with Crippen molar-refractivity contribution in [2.45, 2.75) is 57.9 Å². The van der Waals surface area contributed by atoms with E-state index in [4.69, 9.17) is 5.73 Å². The monoisotopic (exact) mass is 295 g/mol. The van der Waals surface area contributed by atoms with E-state index in [0.29, 0.717) is 6.54 Å². The summed E-state index contributed by atoms with van der Waals surface area (Å²) in [7, 11) is 0. The van der Waals surface area contributed by atoms with Crippen molar-refractivity contribution in [3.63, 3.8) is 0 Å². The summed E-state index contributed by atoms with van der Waals surface area (Å²) in [5.41, 5.74) is 5.70. The van der Waals surface area contributed by atoms with Crippen molar-refractivity contribution >= 4 is 11.8 Å². The van der Waals surface area contributed by atoms with Gasteiger partial charge in [0.05, 0.1) is 0 Å². The van der Waals surface area contributed by atoms with E-state index in [0.717, 1.165) is 58.0 Å². The molecule has 0 spiro atoms. The maximum absolute atomic E-state index is 12.6. The van der Waals surface area contributed by atoms with Crippen LogP contribution in [-0.4, -0.2) is 42.4 Å². The molecule has 1 heterocycles. The highest BCUT2D eigenvalue weighted by molar-refractivity contribution is 5.88. The van der Waals surface area contributed by atoms with Gasteiger partial charge in [0.2, 0.25) is 11.8 Å². The van der Waals surface area contributed by atoms with Gasteiger partial charge in [-0.3, -0.25) is 9.59 Å². The van der Waals surface area contributed by atoms with E-state index in [9.17, 15) is 9.59 Å². The lowest BCUT2D eigenvalue weighted by Gasteiger charge is -2.32. The number of carbonyl (C=O) groups is 2. The highest BCUT2D eigenvalue weighted by Gasteiger charge is 2.38. The molecule has 1 saturated heterocycles. The zero-order valence-corrected chi connectivity index (χ0v) is 13.1. The van der Waals surface area contributed by atoms with Crippen LogP contribution in [0, 0.1) is 11.8 Å². The first-order chi connectivity index (χ1) is 10.1. The average molecular weight is 295 g/mol. The molecule has 2 rings (SSSR count). The van der Waals surface area contributed by atoms with E-state index in [1.165, 1.54) is 0 Å². The lowest BCUT2D eigenvalue weighted by Crippen LogP contribution is -2.45. The van der Waals surface area contributed by atoms with E-state index in [2.05, 4.69) is 5.32 Å². The summed E-state index contributed by atoms with van der Waals surface area (Å²) < 4.78 is 0. The second-order valence-electron chi connectivity index (χ2n) is 6.59. The van der Waals surface area contributed by atoms with Crippen molar-refractivity contribution in [2.24, 2.45) is 17.6 Å². The van der Waals surface area contributed by atoms with Crippen LogP contribution < -0.4 is 11.1 Å². The lowest BCUT2D eigenvalue weighted by atomic mass is 9.78. The van der Waals surface area contributed by atoms with Gasteiger partial charge < -0.3 is 16.0 Å². The predicted molar refractivity (Wildman–Crippen MR) is 82.5 cm³/mol. The van der Waals surface area contributed by atoms with Gasteiger partial charge in [-0.05, 0) is 39.0 Å². The Balaban J connectivity index is 1.91. The Morgan fingerprint density at radius 1 is 1.14 bits per heavy atom. The summed E-state index contributed by atoms with van der Waals surface area (Å²) in [4.78, 5) is 27.0. The van der Waals surface area contributed by atoms with Crippen molar-refractivity contribution in [3.8, 4) is 0 Å². The molecule has 0 radical (unpaired) electrons. The molecule has 3 unspecified atom stereocenters. The maximum atomic E-state index is 12.6. The third-order valence-corrected chi connectivity index (χ3v) is 4.74. The molecule has 2 fully saturated rings. The zero-order chi connectivity index (χ0) is 15.2. The number of hydrogen-bond donors (Lipinski definition) is 2. The molecule has 3 atom stereocenters. The number of hydrogen-bond acceptors (Lipinski definition) is 3. The summed E-state index contributed by atoms with van der Waals surface area (Å²) in [5, 5.41) is 2.97. The van der Waals surface area contributed by atoms with Gasteiger partial charge in [-0.25, -0.2) is 0 Å². The van der Waals surface area contributed by atoms with Crippen LogP contribution in [0.1, 0.15) is 51.9 Å². The summed E-state index contributed by atoms with van der Waals surface area (Å²) in [6, 6.07) is 0.0960. The summed E-state index contributed by atoms with van der Waals surface area (Å²) in [6.07, 6.45) is 6.80. The summed E-state index contributed by atoms with van der Waals surface area (Å²) in [5.74, 6) is 0.0134. The molecule has 2 aliphatic rings. The normalized spacial score (nSPS) is 27.4. The summed E-state index contributed by atoms with van der Waals surface area (Å²) >= 11 is 0. The fourth-order valence-corrected chi connectivity index (χ4v) is 3.47. The fraction of sp³-hybridized carbons (Fsp3) is 0.875. The molecule has 0 aromatic heterocycles. The number of nitrogens with zero attached hydrogens (tertiary/aromatic N) is 1. The number of rotatable bonds is 5. The van der Waals surface area contributed by atoms with Crippen LogP contribution in [0.25, 0.3) is 0 Å². The molecule has 120 valence electrons. The molecule has 0 aromatic carbocycles. The molecule has 0 aromatic rings. The van der Waals surface area contributed by atoms with E-state index in [1.807, 2.05) is 11.8 Å². The highest BCUT2D eigenvalue weighted by Crippen LogP contribution is 2.32. The minimum Gasteiger partial charge on any atom is -0.356 e. The van der Waals surface area contributed by atoms with Crippen molar-refractivity contribution in [1.29, 1.82) is 0 Å². The number of nitrogens with two attached hydrogens (primary N) is 1. The van der Waals surface area contributed by atoms with Crippen LogP contribution in [0.3, 0.4) is 0 Å². The van der Waals surface area contributed by atoms with Gasteiger partial charge in [0.15, 0.2) is 0 Å². The smallest absolute Gasteiger partial charge is 0.226 e.